The fraction of sp³-hybridized carbons (Fsp3) is 0.250. The molecular formula is C20H19N3O4. The maximum Gasteiger partial charge on any atom is 0.336 e. The highest BCUT2D eigenvalue weighted by molar-refractivity contribution is 6.02. The van der Waals surface area contributed by atoms with Crippen molar-refractivity contribution in [3.8, 4) is 11.5 Å². The van der Waals surface area contributed by atoms with Gasteiger partial charge in [0.25, 0.3) is 0 Å². The van der Waals surface area contributed by atoms with Gasteiger partial charge in [-0.2, -0.15) is 5.10 Å². The number of fused-ring (bicyclic) bond motifs is 2. The monoisotopic (exact) mass is 365 g/mol. The first-order valence-corrected chi connectivity index (χ1v) is 8.73. The van der Waals surface area contributed by atoms with Gasteiger partial charge in [0, 0.05) is 11.6 Å². The SMILES string of the molecule is CC(C)n1ncc2c(C(=O)O)cc(C=Cc3cccc4c3OCCO4)nc21. The number of aromatic nitrogens is 3. The Kier molecular flexibility index (Phi) is 4.27. The molecule has 1 aliphatic rings. The Labute approximate surface area is 155 Å². The molecule has 0 spiro atoms. The molecule has 7 nitrogen and oxygen atoms in total. The molecule has 0 saturated carbocycles. The first-order valence-electron chi connectivity index (χ1n) is 8.73. The van der Waals surface area contributed by atoms with Gasteiger partial charge in [-0.1, -0.05) is 12.1 Å². The number of aromatic carboxylic acids is 1. The summed E-state index contributed by atoms with van der Waals surface area (Å²) in [5.74, 6) is 0.386. The van der Waals surface area contributed by atoms with Crippen molar-refractivity contribution in [3.05, 3.63) is 47.3 Å². The van der Waals surface area contributed by atoms with Gasteiger partial charge in [0.05, 0.1) is 22.8 Å². The van der Waals surface area contributed by atoms with Crippen LogP contribution in [0.15, 0.2) is 30.5 Å². The highest BCUT2D eigenvalue weighted by Crippen LogP contribution is 2.34. The zero-order valence-electron chi connectivity index (χ0n) is 15.0. The summed E-state index contributed by atoms with van der Waals surface area (Å²) in [6.45, 7) is 4.98. The summed E-state index contributed by atoms with van der Waals surface area (Å²) in [6.07, 6.45) is 5.18. The molecule has 0 unspecified atom stereocenters. The molecule has 0 bridgehead atoms. The largest absolute Gasteiger partial charge is 0.486 e. The van der Waals surface area contributed by atoms with Crippen LogP contribution in [-0.4, -0.2) is 39.1 Å². The second kappa shape index (κ2) is 6.75. The number of benzene rings is 1. The van der Waals surface area contributed by atoms with Crippen LogP contribution in [0.3, 0.4) is 0 Å². The molecule has 4 rings (SSSR count). The first kappa shape index (κ1) is 17.1. The number of ether oxygens (including phenoxy) is 2. The molecule has 1 N–H and O–H groups in total. The van der Waals surface area contributed by atoms with Crippen LogP contribution in [0.1, 0.15) is 41.5 Å². The van der Waals surface area contributed by atoms with Crippen LogP contribution in [0, 0.1) is 0 Å². The molecular weight excluding hydrogens is 346 g/mol. The van der Waals surface area contributed by atoms with Crippen LogP contribution in [0.5, 0.6) is 11.5 Å². The number of para-hydroxylation sites is 1. The first-order chi connectivity index (χ1) is 13.0. The van der Waals surface area contributed by atoms with Crippen molar-refractivity contribution in [1.29, 1.82) is 0 Å². The summed E-state index contributed by atoms with van der Waals surface area (Å²) in [5.41, 5.74) is 2.13. The molecule has 3 aromatic rings. The molecule has 0 radical (unpaired) electrons. The van der Waals surface area contributed by atoms with Crippen molar-refractivity contribution >= 4 is 29.2 Å². The summed E-state index contributed by atoms with van der Waals surface area (Å²) in [5, 5.41) is 14.4. The van der Waals surface area contributed by atoms with E-state index in [0.717, 1.165) is 5.56 Å². The second-order valence-corrected chi connectivity index (χ2v) is 6.52. The van der Waals surface area contributed by atoms with Gasteiger partial charge < -0.3 is 14.6 Å². The molecule has 3 heterocycles. The molecule has 2 aromatic heterocycles. The van der Waals surface area contributed by atoms with Crippen LogP contribution < -0.4 is 9.47 Å². The minimum absolute atomic E-state index is 0.0718. The molecule has 0 aliphatic carbocycles. The van der Waals surface area contributed by atoms with Crippen molar-refractivity contribution in [2.75, 3.05) is 13.2 Å². The number of rotatable bonds is 4. The van der Waals surface area contributed by atoms with Crippen molar-refractivity contribution in [2.45, 2.75) is 19.9 Å². The van der Waals surface area contributed by atoms with E-state index in [-0.39, 0.29) is 11.6 Å². The van der Waals surface area contributed by atoms with Crippen molar-refractivity contribution < 1.29 is 19.4 Å². The number of nitrogens with zero attached hydrogens (tertiary/aromatic N) is 3. The van der Waals surface area contributed by atoms with Gasteiger partial charge in [-0.25, -0.2) is 14.5 Å². The Hall–Kier alpha value is -3.35. The fourth-order valence-electron chi connectivity index (χ4n) is 3.08. The van der Waals surface area contributed by atoms with Crippen LogP contribution in [0.25, 0.3) is 23.2 Å². The molecule has 1 aliphatic heterocycles. The van der Waals surface area contributed by atoms with Crippen molar-refractivity contribution in [3.63, 3.8) is 0 Å². The van der Waals surface area contributed by atoms with Crippen LogP contribution in [0.4, 0.5) is 0 Å². The van der Waals surface area contributed by atoms with E-state index in [0.29, 0.717) is 41.4 Å². The van der Waals surface area contributed by atoms with E-state index in [4.69, 9.17) is 9.47 Å². The van der Waals surface area contributed by atoms with E-state index >= 15 is 0 Å². The lowest BCUT2D eigenvalue weighted by atomic mass is 10.1. The predicted molar refractivity (Wildman–Crippen MR) is 101 cm³/mol. The minimum atomic E-state index is -1.01. The van der Waals surface area contributed by atoms with Gasteiger partial charge in [-0.15, -0.1) is 0 Å². The number of carboxylic acid groups (broad SMARTS) is 1. The fourth-order valence-corrected chi connectivity index (χ4v) is 3.08. The van der Waals surface area contributed by atoms with Crippen LogP contribution >= 0.6 is 0 Å². The van der Waals surface area contributed by atoms with E-state index in [1.165, 1.54) is 0 Å². The lowest BCUT2D eigenvalue weighted by molar-refractivity contribution is 0.0699. The number of hydrogen-bond donors (Lipinski definition) is 1. The summed E-state index contributed by atoms with van der Waals surface area (Å²) in [6, 6.07) is 7.29. The second-order valence-electron chi connectivity index (χ2n) is 6.52. The lowest BCUT2D eigenvalue weighted by Crippen LogP contribution is -2.15. The van der Waals surface area contributed by atoms with E-state index < -0.39 is 5.97 Å². The third-order valence-corrected chi connectivity index (χ3v) is 4.34. The maximum absolute atomic E-state index is 11.7. The zero-order valence-corrected chi connectivity index (χ0v) is 15.0. The molecule has 27 heavy (non-hydrogen) atoms. The van der Waals surface area contributed by atoms with Gasteiger partial charge in [0.2, 0.25) is 0 Å². The zero-order chi connectivity index (χ0) is 19.0. The van der Waals surface area contributed by atoms with E-state index in [2.05, 4.69) is 10.1 Å². The van der Waals surface area contributed by atoms with Crippen molar-refractivity contribution in [2.24, 2.45) is 0 Å². The van der Waals surface area contributed by atoms with E-state index in [1.807, 2.05) is 38.1 Å². The van der Waals surface area contributed by atoms with Gasteiger partial charge in [-0.3, -0.25) is 0 Å². The Balaban J connectivity index is 1.79. The van der Waals surface area contributed by atoms with Gasteiger partial charge >= 0.3 is 5.97 Å². The Morgan fingerprint density at radius 3 is 2.85 bits per heavy atom. The Bertz CT molecular complexity index is 1050. The van der Waals surface area contributed by atoms with Crippen molar-refractivity contribution in [1.82, 2.24) is 14.8 Å². The average Bonchev–Trinajstić information content (AvgIpc) is 3.09. The smallest absolute Gasteiger partial charge is 0.336 e. The third kappa shape index (κ3) is 3.12. The molecule has 0 saturated heterocycles. The molecule has 0 fully saturated rings. The third-order valence-electron chi connectivity index (χ3n) is 4.34. The number of carbonyl (C=O) groups is 1. The summed E-state index contributed by atoms with van der Waals surface area (Å²) >= 11 is 0. The maximum atomic E-state index is 11.7. The topological polar surface area (TPSA) is 86.5 Å². The summed E-state index contributed by atoms with van der Waals surface area (Å²) in [4.78, 5) is 16.3. The highest BCUT2D eigenvalue weighted by atomic mass is 16.6. The van der Waals surface area contributed by atoms with Crippen LogP contribution in [-0.2, 0) is 0 Å². The normalized spacial score (nSPS) is 13.6. The van der Waals surface area contributed by atoms with Crippen LogP contribution in [0.2, 0.25) is 0 Å². The minimum Gasteiger partial charge on any atom is -0.486 e. The van der Waals surface area contributed by atoms with Gasteiger partial charge in [0.1, 0.15) is 13.2 Å². The molecule has 138 valence electrons. The standard InChI is InChI=1S/C20H19N3O4/c1-12(2)23-19-16(11-21-23)15(20(24)25)10-14(22-19)7-6-13-4-3-5-17-18(13)27-9-8-26-17/h3-7,10-12H,8-9H2,1-2H3,(H,24,25). The van der Waals surface area contributed by atoms with E-state index in [1.54, 1.807) is 23.0 Å². The number of hydrogen-bond acceptors (Lipinski definition) is 5. The number of pyridine rings is 1. The van der Waals surface area contributed by atoms with Gasteiger partial charge in [-0.05, 0) is 38.1 Å². The van der Waals surface area contributed by atoms with E-state index in [9.17, 15) is 9.90 Å². The quantitative estimate of drug-likeness (QED) is 0.759. The molecule has 7 heteroatoms. The number of carboxylic acids is 1. The Morgan fingerprint density at radius 1 is 1.26 bits per heavy atom. The van der Waals surface area contributed by atoms with Gasteiger partial charge in [0.15, 0.2) is 17.1 Å². The molecule has 0 atom stereocenters. The highest BCUT2D eigenvalue weighted by Gasteiger charge is 2.17. The average molecular weight is 365 g/mol. The lowest BCUT2D eigenvalue weighted by Gasteiger charge is -2.19. The summed E-state index contributed by atoms with van der Waals surface area (Å²) < 4.78 is 13.0. The molecule has 0 amide bonds. The molecule has 1 aromatic carbocycles. The summed E-state index contributed by atoms with van der Waals surface area (Å²) in [7, 11) is 0. The Morgan fingerprint density at radius 2 is 2.07 bits per heavy atom. The predicted octanol–water partition coefficient (Wildman–Crippen LogP) is 3.65.